The van der Waals surface area contributed by atoms with E-state index in [9.17, 15) is 0 Å². The Labute approximate surface area is 115 Å². The lowest BCUT2D eigenvalue weighted by Crippen LogP contribution is -2.25. The monoisotopic (exact) mass is 261 g/mol. The van der Waals surface area contributed by atoms with Crippen LogP contribution in [0.15, 0.2) is 18.2 Å². The lowest BCUT2D eigenvalue weighted by Gasteiger charge is -2.24. The molecule has 0 amide bonds. The van der Waals surface area contributed by atoms with Gasteiger partial charge in [-0.2, -0.15) is 0 Å². The molecule has 3 rings (SSSR count). The van der Waals surface area contributed by atoms with E-state index in [2.05, 4.69) is 18.2 Å². The maximum atomic E-state index is 6.26. The lowest BCUT2D eigenvalue weighted by molar-refractivity contribution is 0.0853. The van der Waals surface area contributed by atoms with E-state index in [1.54, 1.807) is 7.11 Å². The van der Waals surface area contributed by atoms with Crippen molar-refractivity contribution >= 4 is 0 Å². The quantitative estimate of drug-likeness (QED) is 0.906. The molecule has 1 heterocycles. The van der Waals surface area contributed by atoms with Crippen molar-refractivity contribution in [3.05, 3.63) is 29.3 Å². The van der Waals surface area contributed by atoms with Crippen LogP contribution < -0.4 is 10.5 Å². The summed E-state index contributed by atoms with van der Waals surface area (Å²) in [5.74, 6) is 1.61. The summed E-state index contributed by atoms with van der Waals surface area (Å²) in [6.07, 6.45) is 5.46. The van der Waals surface area contributed by atoms with E-state index in [1.807, 2.05) is 0 Å². The number of benzene rings is 1. The van der Waals surface area contributed by atoms with Crippen LogP contribution in [-0.2, 0) is 11.2 Å². The van der Waals surface area contributed by atoms with Crippen molar-refractivity contribution in [1.29, 1.82) is 0 Å². The third-order valence-corrected chi connectivity index (χ3v) is 4.43. The van der Waals surface area contributed by atoms with Crippen molar-refractivity contribution in [2.75, 3.05) is 20.3 Å². The summed E-state index contributed by atoms with van der Waals surface area (Å²) in [5.41, 5.74) is 8.97. The first-order chi connectivity index (χ1) is 9.20. The normalized spacial score (nSPS) is 22.2. The van der Waals surface area contributed by atoms with Gasteiger partial charge in [0.05, 0.1) is 7.11 Å². The van der Waals surface area contributed by atoms with E-state index in [0.29, 0.717) is 5.92 Å². The zero-order valence-corrected chi connectivity index (χ0v) is 11.7. The van der Waals surface area contributed by atoms with Crippen molar-refractivity contribution in [2.24, 2.45) is 5.73 Å². The van der Waals surface area contributed by atoms with Gasteiger partial charge in [-0.25, -0.2) is 0 Å². The topological polar surface area (TPSA) is 44.5 Å². The maximum Gasteiger partial charge on any atom is 0.122 e. The Morgan fingerprint density at radius 1 is 1.32 bits per heavy atom. The molecule has 19 heavy (non-hydrogen) atoms. The molecule has 2 fully saturated rings. The first kappa shape index (κ1) is 12.9. The van der Waals surface area contributed by atoms with E-state index in [4.69, 9.17) is 15.2 Å². The Hall–Kier alpha value is -1.06. The number of methoxy groups -OCH3 is 1. The standard InChI is InChI=1S/C16H23NO2/c1-18-15-3-2-13(12-4-8-19-9-5-12)10-14(15)11-16(17)6-7-16/h2-3,10,12H,4-9,11,17H2,1H3. The Morgan fingerprint density at radius 3 is 2.68 bits per heavy atom. The summed E-state index contributed by atoms with van der Waals surface area (Å²) in [7, 11) is 1.74. The molecule has 0 atom stereocenters. The van der Waals surface area contributed by atoms with Crippen LogP contribution in [0.1, 0.15) is 42.7 Å². The van der Waals surface area contributed by atoms with E-state index < -0.39 is 0 Å². The van der Waals surface area contributed by atoms with Gasteiger partial charge in [-0.1, -0.05) is 12.1 Å². The van der Waals surface area contributed by atoms with Crippen molar-refractivity contribution in [3.8, 4) is 5.75 Å². The van der Waals surface area contributed by atoms with Gasteiger partial charge in [-0.3, -0.25) is 0 Å². The molecule has 1 aliphatic carbocycles. The van der Waals surface area contributed by atoms with Gasteiger partial charge in [0.15, 0.2) is 0 Å². The van der Waals surface area contributed by atoms with Crippen LogP contribution in [0.25, 0.3) is 0 Å². The van der Waals surface area contributed by atoms with E-state index in [1.165, 1.54) is 11.1 Å². The number of nitrogens with two attached hydrogens (primary N) is 1. The minimum Gasteiger partial charge on any atom is -0.496 e. The Balaban J connectivity index is 1.83. The Bertz CT molecular complexity index is 448. The SMILES string of the molecule is COc1ccc(C2CCOCC2)cc1CC1(N)CC1. The number of hydrogen-bond acceptors (Lipinski definition) is 3. The molecule has 0 spiro atoms. The minimum absolute atomic E-state index is 0.0293. The summed E-state index contributed by atoms with van der Waals surface area (Å²) in [5, 5.41) is 0. The predicted molar refractivity (Wildman–Crippen MR) is 75.6 cm³/mol. The Morgan fingerprint density at radius 2 is 2.05 bits per heavy atom. The molecule has 1 aromatic rings. The van der Waals surface area contributed by atoms with Crippen LogP contribution in [0.2, 0.25) is 0 Å². The van der Waals surface area contributed by atoms with Gasteiger partial charge in [-0.05, 0) is 55.2 Å². The van der Waals surface area contributed by atoms with Gasteiger partial charge in [0.2, 0.25) is 0 Å². The second kappa shape index (κ2) is 5.14. The summed E-state index contributed by atoms with van der Waals surface area (Å²) in [6.45, 7) is 1.76. The number of rotatable bonds is 4. The molecule has 0 radical (unpaired) electrons. The molecule has 3 heteroatoms. The molecular weight excluding hydrogens is 238 g/mol. The smallest absolute Gasteiger partial charge is 0.122 e. The average molecular weight is 261 g/mol. The fraction of sp³-hybridized carbons (Fsp3) is 0.625. The first-order valence-electron chi connectivity index (χ1n) is 7.24. The van der Waals surface area contributed by atoms with Gasteiger partial charge in [0.25, 0.3) is 0 Å². The van der Waals surface area contributed by atoms with Gasteiger partial charge >= 0.3 is 0 Å². The van der Waals surface area contributed by atoms with Gasteiger partial charge in [-0.15, -0.1) is 0 Å². The van der Waals surface area contributed by atoms with E-state index in [-0.39, 0.29) is 5.54 Å². The fourth-order valence-corrected chi connectivity index (χ4v) is 2.94. The highest BCUT2D eigenvalue weighted by Gasteiger charge is 2.38. The van der Waals surface area contributed by atoms with Gasteiger partial charge in [0, 0.05) is 18.8 Å². The third-order valence-electron chi connectivity index (χ3n) is 4.43. The highest BCUT2D eigenvalue weighted by atomic mass is 16.5. The third kappa shape index (κ3) is 2.93. The van der Waals surface area contributed by atoms with Crippen molar-refractivity contribution < 1.29 is 9.47 Å². The summed E-state index contributed by atoms with van der Waals surface area (Å²) >= 11 is 0. The van der Waals surface area contributed by atoms with Gasteiger partial charge in [0.1, 0.15) is 5.75 Å². The van der Waals surface area contributed by atoms with Crippen LogP contribution >= 0.6 is 0 Å². The van der Waals surface area contributed by atoms with E-state index >= 15 is 0 Å². The second-order valence-electron chi connectivity index (χ2n) is 6.00. The van der Waals surface area contributed by atoms with Crippen molar-refractivity contribution in [1.82, 2.24) is 0 Å². The highest BCUT2D eigenvalue weighted by molar-refractivity contribution is 5.40. The highest BCUT2D eigenvalue weighted by Crippen LogP contribution is 2.39. The van der Waals surface area contributed by atoms with Crippen LogP contribution in [0.3, 0.4) is 0 Å². The fourth-order valence-electron chi connectivity index (χ4n) is 2.94. The van der Waals surface area contributed by atoms with Crippen LogP contribution in [-0.4, -0.2) is 25.9 Å². The first-order valence-corrected chi connectivity index (χ1v) is 7.24. The minimum atomic E-state index is 0.0293. The van der Waals surface area contributed by atoms with Crippen molar-refractivity contribution in [3.63, 3.8) is 0 Å². The summed E-state index contributed by atoms with van der Waals surface area (Å²) in [6, 6.07) is 6.61. The molecule has 1 aromatic carbocycles. The van der Waals surface area contributed by atoms with Crippen molar-refractivity contribution in [2.45, 2.75) is 43.6 Å². The van der Waals surface area contributed by atoms with Crippen LogP contribution in [0, 0.1) is 0 Å². The van der Waals surface area contributed by atoms with Crippen LogP contribution in [0.4, 0.5) is 0 Å². The molecular formula is C16H23NO2. The maximum absolute atomic E-state index is 6.26. The molecule has 0 aromatic heterocycles. The van der Waals surface area contributed by atoms with E-state index in [0.717, 1.165) is 51.1 Å². The van der Waals surface area contributed by atoms with Gasteiger partial charge < -0.3 is 15.2 Å². The molecule has 3 nitrogen and oxygen atoms in total. The van der Waals surface area contributed by atoms with Crippen LogP contribution in [0.5, 0.6) is 5.75 Å². The molecule has 2 aliphatic rings. The zero-order valence-electron chi connectivity index (χ0n) is 11.7. The molecule has 0 unspecified atom stereocenters. The molecule has 1 saturated carbocycles. The average Bonchev–Trinajstić information content (AvgIpc) is 3.17. The molecule has 2 N–H and O–H groups in total. The summed E-state index contributed by atoms with van der Waals surface area (Å²) in [4.78, 5) is 0. The number of ether oxygens (including phenoxy) is 2. The predicted octanol–water partition coefficient (Wildman–Crippen LogP) is 2.62. The number of hydrogen-bond donors (Lipinski definition) is 1. The second-order valence-corrected chi connectivity index (χ2v) is 6.00. The molecule has 0 bridgehead atoms. The molecule has 1 aliphatic heterocycles. The lowest BCUT2D eigenvalue weighted by atomic mass is 9.89. The molecule has 1 saturated heterocycles. The summed E-state index contributed by atoms with van der Waals surface area (Å²) < 4.78 is 10.9. The largest absolute Gasteiger partial charge is 0.496 e. The zero-order chi connectivity index (χ0) is 13.3. The molecule has 104 valence electrons. The Kier molecular flexibility index (Phi) is 3.50.